The van der Waals surface area contributed by atoms with Crippen molar-refractivity contribution in [3.8, 4) is 0 Å². The third-order valence-electron chi connectivity index (χ3n) is 3.80. The van der Waals surface area contributed by atoms with Gasteiger partial charge in [-0.1, -0.05) is 46.0 Å². The van der Waals surface area contributed by atoms with Crippen molar-refractivity contribution in [1.29, 1.82) is 0 Å². The fourth-order valence-corrected chi connectivity index (χ4v) is 2.23. The number of hydrogen-bond donors (Lipinski definition) is 1. The van der Waals surface area contributed by atoms with Gasteiger partial charge in [0, 0.05) is 12.3 Å². The Labute approximate surface area is 100 Å². The number of carbonyl (C=O) groups excluding carboxylic acids is 1. The number of hydrogen-bond acceptors (Lipinski definition) is 2. The number of Topliss-reactive ketones (excluding diaryl/α,β-unsaturated/α-hetero) is 1. The van der Waals surface area contributed by atoms with Gasteiger partial charge in [-0.15, -0.1) is 0 Å². The van der Waals surface area contributed by atoms with E-state index >= 15 is 0 Å². The van der Waals surface area contributed by atoms with Crippen molar-refractivity contribution in [1.82, 2.24) is 5.32 Å². The first-order valence-corrected chi connectivity index (χ1v) is 6.99. The molecule has 0 bridgehead atoms. The highest BCUT2D eigenvalue weighted by Gasteiger charge is 2.27. The molecule has 1 saturated heterocycles. The average Bonchev–Trinajstić information content (AvgIpc) is 2.20. The number of rotatable bonds is 9. The van der Waals surface area contributed by atoms with Gasteiger partial charge in [-0.25, -0.2) is 0 Å². The van der Waals surface area contributed by atoms with E-state index in [0.717, 1.165) is 25.9 Å². The van der Waals surface area contributed by atoms with Crippen LogP contribution in [0.1, 0.15) is 58.8 Å². The SMILES string of the molecule is CCCCCCCCC(=O)C(C)C1CNC1. The lowest BCUT2D eigenvalue weighted by Crippen LogP contribution is -2.47. The zero-order valence-corrected chi connectivity index (χ0v) is 10.9. The normalized spacial score (nSPS) is 18.1. The van der Waals surface area contributed by atoms with Crippen molar-refractivity contribution >= 4 is 5.78 Å². The summed E-state index contributed by atoms with van der Waals surface area (Å²) in [6, 6.07) is 0. The van der Waals surface area contributed by atoms with E-state index in [4.69, 9.17) is 0 Å². The first-order chi connectivity index (χ1) is 7.75. The second-order valence-electron chi connectivity index (χ2n) is 5.19. The summed E-state index contributed by atoms with van der Waals surface area (Å²) in [7, 11) is 0. The van der Waals surface area contributed by atoms with Crippen LogP contribution >= 0.6 is 0 Å². The van der Waals surface area contributed by atoms with E-state index in [1.807, 2.05) is 0 Å². The fraction of sp³-hybridized carbons (Fsp3) is 0.929. The van der Waals surface area contributed by atoms with E-state index < -0.39 is 0 Å². The monoisotopic (exact) mass is 225 g/mol. The lowest BCUT2D eigenvalue weighted by atomic mass is 9.84. The summed E-state index contributed by atoms with van der Waals surface area (Å²) in [5, 5.41) is 3.24. The zero-order valence-electron chi connectivity index (χ0n) is 10.9. The van der Waals surface area contributed by atoms with Crippen LogP contribution in [-0.4, -0.2) is 18.9 Å². The fourth-order valence-electron chi connectivity index (χ4n) is 2.23. The molecule has 1 aliphatic heterocycles. The number of nitrogens with one attached hydrogen (secondary N) is 1. The average molecular weight is 225 g/mol. The predicted molar refractivity (Wildman–Crippen MR) is 68.5 cm³/mol. The first kappa shape index (κ1) is 13.7. The van der Waals surface area contributed by atoms with Crippen LogP contribution in [0, 0.1) is 11.8 Å². The molecule has 0 aromatic rings. The highest BCUT2D eigenvalue weighted by atomic mass is 16.1. The summed E-state index contributed by atoms with van der Waals surface area (Å²) in [6.45, 7) is 6.43. The molecule has 1 N–H and O–H groups in total. The van der Waals surface area contributed by atoms with E-state index in [9.17, 15) is 4.79 Å². The van der Waals surface area contributed by atoms with Gasteiger partial charge in [0.2, 0.25) is 0 Å². The van der Waals surface area contributed by atoms with Gasteiger partial charge in [0.25, 0.3) is 0 Å². The zero-order chi connectivity index (χ0) is 11.8. The number of unbranched alkanes of at least 4 members (excludes halogenated alkanes) is 5. The van der Waals surface area contributed by atoms with E-state index in [2.05, 4.69) is 19.2 Å². The molecule has 0 spiro atoms. The van der Waals surface area contributed by atoms with Gasteiger partial charge in [-0.05, 0) is 25.4 Å². The van der Waals surface area contributed by atoms with E-state index in [1.54, 1.807) is 0 Å². The summed E-state index contributed by atoms with van der Waals surface area (Å²) >= 11 is 0. The highest BCUT2D eigenvalue weighted by molar-refractivity contribution is 5.81. The van der Waals surface area contributed by atoms with Gasteiger partial charge in [-0.3, -0.25) is 4.79 Å². The molecule has 1 rings (SSSR count). The number of carbonyl (C=O) groups is 1. The molecule has 0 saturated carbocycles. The Kier molecular flexibility index (Phi) is 6.70. The summed E-state index contributed by atoms with van der Waals surface area (Å²) in [5.74, 6) is 1.39. The van der Waals surface area contributed by atoms with E-state index in [1.165, 1.54) is 32.1 Å². The largest absolute Gasteiger partial charge is 0.316 e. The molecule has 1 unspecified atom stereocenters. The quantitative estimate of drug-likeness (QED) is 0.611. The lowest BCUT2D eigenvalue weighted by Gasteiger charge is -2.31. The van der Waals surface area contributed by atoms with E-state index in [0.29, 0.717) is 11.7 Å². The lowest BCUT2D eigenvalue weighted by molar-refractivity contribution is -0.124. The minimum Gasteiger partial charge on any atom is -0.316 e. The van der Waals surface area contributed by atoms with Gasteiger partial charge in [0.05, 0.1) is 0 Å². The molecule has 2 heteroatoms. The summed E-state index contributed by atoms with van der Waals surface area (Å²) in [4.78, 5) is 11.8. The second-order valence-corrected chi connectivity index (χ2v) is 5.19. The van der Waals surface area contributed by atoms with Crippen LogP contribution in [0.3, 0.4) is 0 Å². The van der Waals surface area contributed by atoms with Gasteiger partial charge in [0.1, 0.15) is 5.78 Å². The second kappa shape index (κ2) is 7.83. The van der Waals surface area contributed by atoms with E-state index in [-0.39, 0.29) is 5.92 Å². The molecule has 0 amide bonds. The van der Waals surface area contributed by atoms with Crippen LogP contribution in [0.5, 0.6) is 0 Å². The Bertz CT molecular complexity index is 199. The molecule has 0 aliphatic carbocycles. The molecule has 16 heavy (non-hydrogen) atoms. The Morgan fingerprint density at radius 2 is 1.81 bits per heavy atom. The van der Waals surface area contributed by atoms with Crippen LogP contribution in [0.15, 0.2) is 0 Å². The molecular formula is C14H27NO. The Hall–Kier alpha value is -0.370. The van der Waals surface area contributed by atoms with Crippen molar-refractivity contribution in [2.75, 3.05) is 13.1 Å². The maximum Gasteiger partial charge on any atom is 0.136 e. The molecular weight excluding hydrogens is 198 g/mol. The third-order valence-corrected chi connectivity index (χ3v) is 3.80. The molecule has 1 heterocycles. The molecule has 1 aliphatic rings. The summed E-state index contributed by atoms with van der Waals surface area (Å²) in [5.41, 5.74) is 0. The third kappa shape index (κ3) is 4.65. The van der Waals surface area contributed by atoms with Crippen LogP contribution in [0.25, 0.3) is 0 Å². The molecule has 2 nitrogen and oxygen atoms in total. The van der Waals surface area contributed by atoms with Crippen LogP contribution in [-0.2, 0) is 4.79 Å². The van der Waals surface area contributed by atoms with Crippen LogP contribution in [0.2, 0.25) is 0 Å². The smallest absolute Gasteiger partial charge is 0.136 e. The topological polar surface area (TPSA) is 29.1 Å². The van der Waals surface area contributed by atoms with Crippen LogP contribution in [0.4, 0.5) is 0 Å². The van der Waals surface area contributed by atoms with Gasteiger partial charge in [0.15, 0.2) is 0 Å². The minimum atomic E-state index is 0.289. The van der Waals surface area contributed by atoms with Crippen molar-refractivity contribution in [2.45, 2.75) is 58.8 Å². The van der Waals surface area contributed by atoms with Gasteiger partial charge >= 0.3 is 0 Å². The van der Waals surface area contributed by atoms with Gasteiger partial charge in [-0.2, -0.15) is 0 Å². The molecule has 0 radical (unpaired) electrons. The maximum absolute atomic E-state index is 11.8. The van der Waals surface area contributed by atoms with Crippen molar-refractivity contribution in [3.05, 3.63) is 0 Å². The van der Waals surface area contributed by atoms with Gasteiger partial charge < -0.3 is 5.32 Å². The van der Waals surface area contributed by atoms with Crippen molar-refractivity contribution in [3.63, 3.8) is 0 Å². The highest BCUT2D eigenvalue weighted by Crippen LogP contribution is 2.19. The summed E-state index contributed by atoms with van der Waals surface area (Å²) in [6.07, 6.45) is 8.44. The Morgan fingerprint density at radius 1 is 1.19 bits per heavy atom. The molecule has 0 aromatic heterocycles. The molecule has 0 aromatic carbocycles. The molecule has 1 atom stereocenters. The molecule has 1 fully saturated rings. The van der Waals surface area contributed by atoms with Crippen molar-refractivity contribution in [2.24, 2.45) is 11.8 Å². The standard InChI is InChI=1S/C14H27NO/c1-3-4-5-6-7-8-9-14(16)12(2)13-10-15-11-13/h12-13,15H,3-11H2,1-2H3. The molecule has 94 valence electrons. The van der Waals surface area contributed by atoms with Crippen LogP contribution < -0.4 is 5.32 Å². The number of ketones is 1. The first-order valence-electron chi connectivity index (χ1n) is 6.99. The summed E-state index contributed by atoms with van der Waals surface area (Å²) < 4.78 is 0. The Morgan fingerprint density at radius 3 is 2.38 bits per heavy atom. The minimum absolute atomic E-state index is 0.289. The predicted octanol–water partition coefficient (Wildman–Crippen LogP) is 3.16. The van der Waals surface area contributed by atoms with Crippen molar-refractivity contribution < 1.29 is 4.79 Å². The Balaban J connectivity index is 1.97. The maximum atomic E-state index is 11.8.